The van der Waals surface area contributed by atoms with Gasteiger partial charge in [0.2, 0.25) is 5.82 Å². The molecular weight excluding hydrogens is 263 g/mol. The maximum absolute atomic E-state index is 12.3. The zero-order chi connectivity index (χ0) is 10.8. The van der Waals surface area contributed by atoms with Crippen molar-refractivity contribution >= 4 is 27.0 Å². The first-order valence-electron chi connectivity index (χ1n) is 4.24. The van der Waals surface area contributed by atoms with Crippen molar-refractivity contribution in [1.82, 2.24) is 14.5 Å². The largest absolute Gasteiger partial charge is 0.313 e. The van der Waals surface area contributed by atoms with Gasteiger partial charge in [-0.15, -0.1) is 0 Å². The molecule has 15 heavy (non-hydrogen) atoms. The molecule has 0 aromatic carbocycles. The number of imidazole rings is 1. The summed E-state index contributed by atoms with van der Waals surface area (Å²) in [6.07, 6.45) is 1.55. The van der Waals surface area contributed by atoms with E-state index in [1.807, 2.05) is 6.07 Å². The van der Waals surface area contributed by atoms with Crippen molar-refractivity contribution in [2.24, 2.45) is 0 Å². The lowest BCUT2D eigenvalue weighted by Crippen LogP contribution is -2.02. The summed E-state index contributed by atoms with van der Waals surface area (Å²) in [6.45, 7) is -0.393. The van der Waals surface area contributed by atoms with E-state index in [-0.39, 0.29) is 12.4 Å². The molecule has 0 fully saturated rings. The van der Waals surface area contributed by atoms with Crippen LogP contribution in [0.4, 0.5) is 4.39 Å². The summed E-state index contributed by atoms with van der Waals surface area (Å²) in [6, 6.07) is 3.65. The fourth-order valence-corrected chi connectivity index (χ4v) is 1.72. The van der Waals surface area contributed by atoms with Crippen molar-refractivity contribution < 1.29 is 4.39 Å². The number of nitriles is 1. The Morgan fingerprint density at radius 2 is 2.40 bits per heavy atom. The van der Waals surface area contributed by atoms with E-state index in [9.17, 15) is 4.39 Å². The Kier molecular flexibility index (Phi) is 2.64. The van der Waals surface area contributed by atoms with E-state index >= 15 is 0 Å². The molecule has 0 aliphatic heterocycles. The smallest absolute Gasteiger partial charge is 0.213 e. The highest BCUT2D eigenvalue weighted by Gasteiger charge is 2.10. The minimum absolute atomic E-state index is 0.135. The van der Waals surface area contributed by atoms with Crippen LogP contribution in [0, 0.1) is 11.3 Å². The van der Waals surface area contributed by atoms with Crippen LogP contribution in [0.15, 0.2) is 16.9 Å². The van der Waals surface area contributed by atoms with Gasteiger partial charge in [0.25, 0.3) is 0 Å². The highest BCUT2D eigenvalue weighted by Crippen LogP contribution is 2.18. The number of nitrogens with zero attached hydrogens (tertiary/aromatic N) is 4. The minimum atomic E-state index is -0.528. The molecule has 2 heterocycles. The predicted molar refractivity (Wildman–Crippen MR) is 55.9 cm³/mol. The molecule has 0 amide bonds. The number of pyridine rings is 1. The summed E-state index contributed by atoms with van der Waals surface area (Å²) in [5.41, 5.74) is 1.31. The monoisotopic (exact) mass is 268 g/mol. The maximum Gasteiger partial charge on any atom is 0.213 e. The molecule has 2 aromatic heterocycles. The van der Waals surface area contributed by atoms with Gasteiger partial charge >= 0.3 is 0 Å². The zero-order valence-corrected chi connectivity index (χ0v) is 9.20. The molecule has 0 radical (unpaired) electrons. The summed E-state index contributed by atoms with van der Waals surface area (Å²) in [5, 5.41) is 8.83. The molecule has 0 saturated heterocycles. The molecule has 0 aliphatic carbocycles. The van der Waals surface area contributed by atoms with E-state index in [2.05, 4.69) is 25.9 Å². The molecular formula is C9H6BrFN4. The fourth-order valence-electron chi connectivity index (χ4n) is 1.40. The van der Waals surface area contributed by atoms with Gasteiger partial charge in [-0.3, -0.25) is 0 Å². The van der Waals surface area contributed by atoms with Gasteiger partial charge in [-0.05, 0) is 22.0 Å². The van der Waals surface area contributed by atoms with Gasteiger partial charge in [0.05, 0.1) is 18.3 Å². The molecule has 2 aromatic rings. The standard InChI is InChI=1S/C9H6BrFN4/c10-8-3-7-6(5-13-8)14-9(4-12)15(7)2-1-11/h3,5H,1-2H2. The predicted octanol–water partition coefficient (Wildman–Crippen LogP) is 2.03. The SMILES string of the molecule is N#Cc1nc2cnc(Br)cc2n1CCF. The first kappa shape index (κ1) is 10.1. The van der Waals surface area contributed by atoms with Gasteiger partial charge in [-0.1, -0.05) is 0 Å². The van der Waals surface area contributed by atoms with E-state index in [0.29, 0.717) is 15.6 Å². The number of hydrogen-bond donors (Lipinski definition) is 0. The van der Waals surface area contributed by atoms with Gasteiger partial charge in [-0.2, -0.15) is 5.26 Å². The normalized spacial score (nSPS) is 10.5. The maximum atomic E-state index is 12.3. The molecule has 6 heteroatoms. The van der Waals surface area contributed by atoms with Gasteiger partial charge in [0.1, 0.15) is 22.9 Å². The Morgan fingerprint density at radius 1 is 1.60 bits per heavy atom. The molecule has 0 unspecified atom stereocenters. The second kappa shape index (κ2) is 3.95. The summed E-state index contributed by atoms with van der Waals surface area (Å²) in [5.74, 6) is 0.211. The quantitative estimate of drug-likeness (QED) is 0.784. The molecule has 0 bridgehead atoms. The number of hydrogen-bond acceptors (Lipinski definition) is 3. The third-order valence-corrected chi connectivity index (χ3v) is 2.44. The number of halogens is 2. The average Bonchev–Trinajstić information content (AvgIpc) is 2.57. The van der Waals surface area contributed by atoms with Crippen LogP contribution in [0.25, 0.3) is 11.0 Å². The molecule has 2 rings (SSSR count). The number of rotatable bonds is 2. The summed E-state index contributed by atoms with van der Waals surface area (Å²) in [4.78, 5) is 8.04. The van der Waals surface area contributed by atoms with Crippen LogP contribution in [0.2, 0.25) is 0 Å². The summed E-state index contributed by atoms with van der Waals surface area (Å²) < 4.78 is 14.5. The van der Waals surface area contributed by atoms with Crippen LogP contribution < -0.4 is 0 Å². The van der Waals surface area contributed by atoms with Crippen LogP contribution >= 0.6 is 15.9 Å². The number of aryl methyl sites for hydroxylation is 1. The Balaban J connectivity index is 2.72. The zero-order valence-electron chi connectivity index (χ0n) is 7.61. The lowest BCUT2D eigenvalue weighted by Gasteiger charge is -2.00. The van der Waals surface area contributed by atoms with E-state index in [0.717, 1.165) is 0 Å². The van der Waals surface area contributed by atoms with Crippen LogP contribution in [0.3, 0.4) is 0 Å². The lowest BCUT2D eigenvalue weighted by molar-refractivity contribution is 0.448. The van der Waals surface area contributed by atoms with Crippen LogP contribution in [-0.4, -0.2) is 21.2 Å². The first-order valence-corrected chi connectivity index (χ1v) is 5.03. The van der Waals surface area contributed by atoms with Crippen molar-refractivity contribution in [3.05, 3.63) is 22.7 Å². The molecule has 0 atom stereocenters. The van der Waals surface area contributed by atoms with Crippen LogP contribution in [0.5, 0.6) is 0 Å². The Bertz CT molecular complexity index is 543. The fraction of sp³-hybridized carbons (Fsp3) is 0.222. The third kappa shape index (κ3) is 1.70. The number of alkyl halides is 1. The minimum Gasteiger partial charge on any atom is -0.313 e. The Morgan fingerprint density at radius 3 is 3.07 bits per heavy atom. The second-order valence-corrected chi connectivity index (χ2v) is 3.70. The van der Waals surface area contributed by atoms with E-state index in [4.69, 9.17) is 5.26 Å². The van der Waals surface area contributed by atoms with Crippen molar-refractivity contribution in [2.75, 3.05) is 6.67 Å². The van der Waals surface area contributed by atoms with Crippen molar-refractivity contribution in [1.29, 1.82) is 5.26 Å². The van der Waals surface area contributed by atoms with Crippen molar-refractivity contribution in [2.45, 2.75) is 6.54 Å². The van der Waals surface area contributed by atoms with Gasteiger partial charge in [0, 0.05) is 0 Å². The third-order valence-electron chi connectivity index (χ3n) is 2.01. The highest BCUT2D eigenvalue weighted by molar-refractivity contribution is 9.10. The average molecular weight is 269 g/mol. The lowest BCUT2D eigenvalue weighted by atomic mass is 10.4. The van der Waals surface area contributed by atoms with Crippen molar-refractivity contribution in [3.8, 4) is 6.07 Å². The van der Waals surface area contributed by atoms with Crippen LogP contribution in [-0.2, 0) is 6.54 Å². The molecule has 76 valence electrons. The van der Waals surface area contributed by atoms with Gasteiger partial charge in [0.15, 0.2) is 0 Å². The molecule has 4 nitrogen and oxygen atoms in total. The molecule has 0 N–H and O–H groups in total. The Labute approximate surface area is 93.5 Å². The Hall–Kier alpha value is -1.48. The van der Waals surface area contributed by atoms with E-state index in [1.165, 1.54) is 0 Å². The summed E-state index contributed by atoms with van der Waals surface area (Å²) >= 11 is 3.22. The number of aromatic nitrogens is 3. The first-order chi connectivity index (χ1) is 7.26. The van der Waals surface area contributed by atoms with Gasteiger partial charge in [-0.25, -0.2) is 14.4 Å². The number of fused-ring (bicyclic) bond motifs is 1. The van der Waals surface area contributed by atoms with Gasteiger partial charge < -0.3 is 4.57 Å². The summed E-state index contributed by atoms with van der Waals surface area (Å²) in [7, 11) is 0. The van der Waals surface area contributed by atoms with Crippen LogP contribution in [0.1, 0.15) is 5.82 Å². The van der Waals surface area contributed by atoms with E-state index < -0.39 is 6.67 Å². The molecule has 0 aliphatic rings. The highest BCUT2D eigenvalue weighted by atomic mass is 79.9. The van der Waals surface area contributed by atoms with E-state index in [1.54, 1.807) is 16.8 Å². The second-order valence-electron chi connectivity index (χ2n) is 2.88. The topological polar surface area (TPSA) is 54.5 Å². The van der Waals surface area contributed by atoms with Crippen molar-refractivity contribution in [3.63, 3.8) is 0 Å². The molecule has 0 saturated carbocycles. The molecule has 0 spiro atoms.